The van der Waals surface area contributed by atoms with Crippen LogP contribution in [-0.4, -0.2) is 24.8 Å². The highest BCUT2D eigenvalue weighted by Gasteiger charge is 2.14. The molecule has 3 aromatic rings. The molecule has 7 nitrogen and oxygen atoms in total. The molecule has 8 heteroatoms. The van der Waals surface area contributed by atoms with Crippen LogP contribution in [0.5, 0.6) is 5.88 Å². The van der Waals surface area contributed by atoms with Crippen LogP contribution < -0.4 is 10.4 Å². The van der Waals surface area contributed by atoms with E-state index < -0.39 is 0 Å². The van der Waals surface area contributed by atoms with Crippen LogP contribution in [0.2, 0.25) is 0 Å². The number of hydrogen-bond donors (Lipinski definition) is 0. The van der Waals surface area contributed by atoms with E-state index in [1.165, 1.54) is 9.36 Å². The summed E-state index contributed by atoms with van der Waals surface area (Å²) in [5.41, 5.74) is 3.06. The van der Waals surface area contributed by atoms with Crippen LogP contribution in [0, 0.1) is 13.8 Å². The first-order valence-corrected chi connectivity index (χ1v) is 8.10. The van der Waals surface area contributed by atoms with E-state index in [9.17, 15) is 4.79 Å². The summed E-state index contributed by atoms with van der Waals surface area (Å²) < 4.78 is 9.10. The second-order valence-electron chi connectivity index (χ2n) is 5.40. The van der Waals surface area contributed by atoms with E-state index in [2.05, 4.69) is 31.3 Å². The van der Waals surface area contributed by atoms with E-state index in [1.807, 2.05) is 44.2 Å². The van der Waals surface area contributed by atoms with E-state index >= 15 is 0 Å². The summed E-state index contributed by atoms with van der Waals surface area (Å²) in [7, 11) is 1.56. The molecule has 1 aromatic carbocycles. The first kappa shape index (κ1) is 16.4. The van der Waals surface area contributed by atoms with Gasteiger partial charge in [0, 0.05) is 18.3 Å². The number of hydrogen-bond acceptors (Lipinski definition) is 5. The van der Waals surface area contributed by atoms with Crippen molar-refractivity contribution in [2.75, 3.05) is 0 Å². The second-order valence-corrected chi connectivity index (χ2v) is 6.25. The van der Waals surface area contributed by atoms with Gasteiger partial charge in [-0.3, -0.25) is 0 Å². The Morgan fingerprint density at radius 2 is 1.96 bits per heavy atom. The minimum atomic E-state index is -0.309. The molecule has 0 spiro atoms. The average Bonchev–Trinajstić information content (AvgIpc) is 2.88. The molecule has 0 amide bonds. The Balaban J connectivity index is 1.98. The number of halogens is 1. The normalized spacial score (nSPS) is 10.8. The third-order valence-corrected chi connectivity index (χ3v) is 4.25. The summed E-state index contributed by atoms with van der Waals surface area (Å²) in [5.74, 6) is 0.510. The molecule has 0 fully saturated rings. The molecule has 0 bridgehead atoms. The first-order valence-electron chi connectivity index (χ1n) is 7.31. The Kier molecular flexibility index (Phi) is 4.48. The summed E-state index contributed by atoms with van der Waals surface area (Å²) in [5, 5.41) is 7.67. The fourth-order valence-electron chi connectivity index (χ4n) is 2.30. The molecule has 0 aliphatic heterocycles. The number of tetrazole rings is 1. The maximum absolute atomic E-state index is 12.1. The minimum Gasteiger partial charge on any atom is -0.472 e. The van der Waals surface area contributed by atoms with Crippen LogP contribution in [0.1, 0.15) is 16.8 Å². The highest BCUT2D eigenvalue weighted by Crippen LogP contribution is 2.25. The molecule has 2 heterocycles. The lowest BCUT2D eigenvalue weighted by Crippen LogP contribution is -2.23. The van der Waals surface area contributed by atoms with Crippen LogP contribution in [-0.2, 0) is 13.7 Å². The molecule has 24 heavy (non-hydrogen) atoms. The van der Waals surface area contributed by atoms with Gasteiger partial charge >= 0.3 is 5.69 Å². The molecule has 0 radical (unpaired) electrons. The van der Waals surface area contributed by atoms with Crippen molar-refractivity contribution in [1.29, 1.82) is 0 Å². The number of aryl methyl sites for hydroxylation is 3. The molecular weight excluding hydrogens is 374 g/mol. The maximum atomic E-state index is 12.1. The zero-order chi connectivity index (χ0) is 17.3. The van der Waals surface area contributed by atoms with Gasteiger partial charge in [-0.05, 0) is 64.0 Å². The summed E-state index contributed by atoms with van der Waals surface area (Å²) in [6.07, 6.45) is 0. The van der Waals surface area contributed by atoms with Crippen LogP contribution >= 0.6 is 15.9 Å². The second kappa shape index (κ2) is 6.56. The molecule has 2 aromatic heterocycles. The largest absolute Gasteiger partial charge is 0.472 e. The summed E-state index contributed by atoms with van der Waals surface area (Å²) in [4.78, 5) is 16.5. The maximum Gasteiger partial charge on any atom is 0.368 e. The lowest BCUT2D eigenvalue weighted by atomic mass is 10.1. The first-order chi connectivity index (χ1) is 11.5. The van der Waals surface area contributed by atoms with Crippen molar-refractivity contribution >= 4 is 15.9 Å². The predicted octanol–water partition coefficient (Wildman–Crippen LogP) is 2.32. The molecule has 0 unspecified atom stereocenters. The van der Waals surface area contributed by atoms with E-state index in [0.717, 1.165) is 21.3 Å². The van der Waals surface area contributed by atoms with Gasteiger partial charge in [-0.15, -0.1) is 0 Å². The number of aromatic nitrogens is 5. The summed E-state index contributed by atoms with van der Waals surface area (Å²) >= 11 is 3.43. The Morgan fingerprint density at radius 3 is 2.67 bits per heavy atom. The van der Waals surface area contributed by atoms with Gasteiger partial charge in [0.05, 0.1) is 10.2 Å². The third-order valence-electron chi connectivity index (χ3n) is 3.64. The number of benzene rings is 1. The van der Waals surface area contributed by atoms with Crippen LogP contribution in [0.15, 0.2) is 39.6 Å². The Hall–Kier alpha value is -2.48. The highest BCUT2D eigenvalue weighted by molar-refractivity contribution is 9.10. The fourth-order valence-corrected chi connectivity index (χ4v) is 2.63. The number of pyridine rings is 1. The van der Waals surface area contributed by atoms with Gasteiger partial charge in [0.2, 0.25) is 5.88 Å². The molecular formula is C16H16BrN5O2. The van der Waals surface area contributed by atoms with Crippen molar-refractivity contribution in [1.82, 2.24) is 24.8 Å². The van der Waals surface area contributed by atoms with Crippen molar-refractivity contribution in [2.45, 2.75) is 20.5 Å². The fraction of sp³-hybridized carbons (Fsp3) is 0.250. The van der Waals surface area contributed by atoms with Crippen molar-refractivity contribution in [3.05, 3.63) is 62.1 Å². The number of rotatable bonds is 4. The van der Waals surface area contributed by atoms with Crippen LogP contribution in [0.3, 0.4) is 0 Å². The quantitative estimate of drug-likeness (QED) is 0.684. The standard InChI is InChI=1S/C16H16BrN5O2/c1-10-5-4-6-14(22-16(23)21(3)19-20-22)12(10)9-24-15-13(17)8-7-11(2)18-15/h4-8H,9H2,1-3H3. The topological polar surface area (TPSA) is 74.8 Å². The molecule has 0 saturated heterocycles. The average molecular weight is 390 g/mol. The van der Waals surface area contributed by atoms with E-state index in [0.29, 0.717) is 11.6 Å². The van der Waals surface area contributed by atoms with Gasteiger partial charge in [0.1, 0.15) is 6.61 Å². The van der Waals surface area contributed by atoms with Gasteiger partial charge in [0.15, 0.2) is 0 Å². The molecule has 3 rings (SSSR count). The summed E-state index contributed by atoms with van der Waals surface area (Å²) in [6, 6.07) is 9.44. The van der Waals surface area contributed by atoms with Crippen molar-refractivity contribution in [3.8, 4) is 11.6 Å². The monoisotopic (exact) mass is 389 g/mol. The third kappa shape index (κ3) is 3.09. The predicted molar refractivity (Wildman–Crippen MR) is 92.3 cm³/mol. The molecule has 0 aliphatic carbocycles. The minimum absolute atomic E-state index is 0.264. The van der Waals surface area contributed by atoms with Crippen molar-refractivity contribution in [3.63, 3.8) is 0 Å². The molecule has 124 valence electrons. The number of ether oxygens (including phenoxy) is 1. The summed E-state index contributed by atoms with van der Waals surface area (Å²) in [6.45, 7) is 4.13. The van der Waals surface area contributed by atoms with Crippen molar-refractivity contribution < 1.29 is 4.74 Å². The Labute approximate surface area is 147 Å². The lowest BCUT2D eigenvalue weighted by molar-refractivity contribution is 0.290. The molecule has 0 saturated carbocycles. The van der Waals surface area contributed by atoms with Crippen LogP contribution in [0.4, 0.5) is 0 Å². The van der Waals surface area contributed by atoms with Crippen LogP contribution in [0.25, 0.3) is 5.69 Å². The van der Waals surface area contributed by atoms with Gasteiger partial charge in [-0.25, -0.2) is 9.78 Å². The van der Waals surface area contributed by atoms with Crippen molar-refractivity contribution in [2.24, 2.45) is 7.05 Å². The van der Waals surface area contributed by atoms with Gasteiger partial charge in [-0.2, -0.15) is 9.36 Å². The van der Waals surface area contributed by atoms with E-state index in [4.69, 9.17) is 4.74 Å². The highest BCUT2D eigenvalue weighted by atomic mass is 79.9. The SMILES string of the molecule is Cc1ccc(Br)c(OCc2c(C)cccc2-n2nnn(C)c2=O)n1. The smallest absolute Gasteiger partial charge is 0.368 e. The Morgan fingerprint density at radius 1 is 1.17 bits per heavy atom. The molecule has 0 aliphatic rings. The zero-order valence-electron chi connectivity index (χ0n) is 13.5. The zero-order valence-corrected chi connectivity index (χ0v) is 15.1. The van der Waals surface area contributed by atoms with Gasteiger partial charge < -0.3 is 4.74 Å². The van der Waals surface area contributed by atoms with Gasteiger partial charge in [0.25, 0.3) is 0 Å². The van der Waals surface area contributed by atoms with E-state index in [-0.39, 0.29) is 12.3 Å². The Bertz CT molecular complexity index is 948. The molecule has 0 N–H and O–H groups in total. The number of nitrogens with zero attached hydrogens (tertiary/aromatic N) is 5. The molecule has 0 atom stereocenters. The lowest BCUT2D eigenvalue weighted by Gasteiger charge is -2.13. The van der Waals surface area contributed by atoms with E-state index in [1.54, 1.807) is 7.05 Å². The van der Waals surface area contributed by atoms with Gasteiger partial charge in [-0.1, -0.05) is 12.1 Å².